The van der Waals surface area contributed by atoms with Gasteiger partial charge in [0, 0.05) is 6.04 Å². The molecular formula is C12H19NO3S. The van der Waals surface area contributed by atoms with Gasteiger partial charge in [-0.15, -0.1) is 11.8 Å². The van der Waals surface area contributed by atoms with E-state index in [0.717, 1.165) is 31.4 Å². The van der Waals surface area contributed by atoms with Crippen LogP contribution in [0.25, 0.3) is 0 Å². The van der Waals surface area contributed by atoms with Gasteiger partial charge in [0.15, 0.2) is 0 Å². The molecule has 0 aromatic rings. The van der Waals surface area contributed by atoms with Crippen LogP contribution in [0.1, 0.15) is 39.0 Å². The summed E-state index contributed by atoms with van der Waals surface area (Å²) in [6.45, 7) is 1.75. The number of rotatable bonds is 3. The van der Waals surface area contributed by atoms with Crippen LogP contribution in [-0.4, -0.2) is 34.0 Å². The van der Waals surface area contributed by atoms with Crippen molar-refractivity contribution in [3.63, 3.8) is 0 Å². The van der Waals surface area contributed by atoms with Crippen LogP contribution in [0.2, 0.25) is 0 Å². The van der Waals surface area contributed by atoms with Crippen LogP contribution in [0.3, 0.4) is 0 Å². The molecule has 3 atom stereocenters. The molecule has 0 aromatic heterocycles. The van der Waals surface area contributed by atoms with Gasteiger partial charge in [0.25, 0.3) is 0 Å². The van der Waals surface area contributed by atoms with Crippen LogP contribution in [0.5, 0.6) is 0 Å². The maximum Gasteiger partial charge on any atom is 0.311 e. The van der Waals surface area contributed by atoms with Crippen LogP contribution < -0.4 is 5.32 Å². The molecule has 2 rings (SSSR count). The van der Waals surface area contributed by atoms with Gasteiger partial charge < -0.3 is 10.4 Å². The molecule has 1 aliphatic heterocycles. The number of hydrogen-bond donors (Lipinski definition) is 2. The highest BCUT2D eigenvalue weighted by molar-refractivity contribution is 8.00. The van der Waals surface area contributed by atoms with Crippen molar-refractivity contribution in [2.24, 2.45) is 5.41 Å². The van der Waals surface area contributed by atoms with Gasteiger partial charge in [-0.2, -0.15) is 0 Å². The average molecular weight is 257 g/mol. The third-order valence-corrected chi connectivity index (χ3v) is 5.36. The SMILES string of the molecule is CC1(C(=O)O)CCCC1NC(=O)C1CCCS1. The van der Waals surface area contributed by atoms with Crippen LogP contribution >= 0.6 is 11.8 Å². The van der Waals surface area contributed by atoms with Crippen molar-refractivity contribution in [1.29, 1.82) is 0 Å². The van der Waals surface area contributed by atoms with Gasteiger partial charge in [0.05, 0.1) is 10.7 Å². The van der Waals surface area contributed by atoms with E-state index in [9.17, 15) is 14.7 Å². The summed E-state index contributed by atoms with van der Waals surface area (Å²) in [5.74, 6) is 0.283. The largest absolute Gasteiger partial charge is 0.481 e. The highest BCUT2D eigenvalue weighted by atomic mass is 32.2. The molecule has 2 fully saturated rings. The minimum atomic E-state index is -0.792. The average Bonchev–Trinajstić information content (AvgIpc) is 2.89. The highest BCUT2D eigenvalue weighted by Gasteiger charge is 2.46. The first-order valence-electron chi connectivity index (χ1n) is 6.19. The molecule has 96 valence electrons. The Balaban J connectivity index is 1.98. The van der Waals surface area contributed by atoms with E-state index in [1.807, 2.05) is 0 Å². The summed E-state index contributed by atoms with van der Waals surface area (Å²) in [7, 11) is 0. The molecule has 2 aliphatic rings. The van der Waals surface area contributed by atoms with Gasteiger partial charge in [0.1, 0.15) is 0 Å². The van der Waals surface area contributed by atoms with Crippen molar-refractivity contribution < 1.29 is 14.7 Å². The second kappa shape index (κ2) is 4.88. The number of aliphatic carboxylic acids is 1. The van der Waals surface area contributed by atoms with Gasteiger partial charge >= 0.3 is 5.97 Å². The summed E-state index contributed by atoms with van der Waals surface area (Å²) in [5.41, 5.74) is -0.779. The van der Waals surface area contributed by atoms with E-state index >= 15 is 0 Å². The second-order valence-corrected chi connectivity index (χ2v) is 6.49. The number of nitrogens with one attached hydrogen (secondary N) is 1. The van der Waals surface area contributed by atoms with Crippen LogP contribution in [0, 0.1) is 5.41 Å². The first-order chi connectivity index (χ1) is 8.04. The van der Waals surface area contributed by atoms with Crippen molar-refractivity contribution in [3.8, 4) is 0 Å². The molecule has 0 aromatic carbocycles. The van der Waals surface area contributed by atoms with Gasteiger partial charge in [0.2, 0.25) is 5.91 Å². The summed E-state index contributed by atoms with van der Waals surface area (Å²) in [6.07, 6.45) is 4.33. The number of carbonyl (C=O) groups excluding carboxylic acids is 1. The van der Waals surface area contributed by atoms with Gasteiger partial charge in [-0.1, -0.05) is 6.42 Å². The summed E-state index contributed by atoms with van der Waals surface area (Å²) >= 11 is 1.68. The highest BCUT2D eigenvalue weighted by Crippen LogP contribution is 2.38. The van der Waals surface area contributed by atoms with Gasteiger partial charge in [-0.05, 0) is 38.4 Å². The minimum Gasteiger partial charge on any atom is -0.481 e. The van der Waals surface area contributed by atoms with E-state index in [-0.39, 0.29) is 17.2 Å². The third-order valence-electron chi connectivity index (χ3n) is 3.99. The quantitative estimate of drug-likeness (QED) is 0.806. The Morgan fingerprint density at radius 2 is 2.12 bits per heavy atom. The Labute approximate surface area is 106 Å². The van der Waals surface area contributed by atoms with E-state index in [4.69, 9.17) is 0 Å². The van der Waals surface area contributed by atoms with Crippen LogP contribution in [0.15, 0.2) is 0 Å². The first-order valence-corrected chi connectivity index (χ1v) is 7.24. The lowest BCUT2D eigenvalue weighted by Crippen LogP contribution is -2.49. The Kier molecular flexibility index (Phi) is 3.66. The lowest BCUT2D eigenvalue weighted by molar-refractivity contribution is -0.149. The molecule has 17 heavy (non-hydrogen) atoms. The topological polar surface area (TPSA) is 66.4 Å². The molecule has 1 amide bonds. The van der Waals surface area contributed by atoms with Crippen molar-refractivity contribution in [3.05, 3.63) is 0 Å². The number of amides is 1. The molecule has 2 N–H and O–H groups in total. The monoisotopic (exact) mass is 257 g/mol. The molecular weight excluding hydrogens is 238 g/mol. The minimum absolute atomic E-state index is 0.0341. The molecule has 4 nitrogen and oxygen atoms in total. The van der Waals surface area contributed by atoms with Crippen molar-refractivity contribution in [1.82, 2.24) is 5.32 Å². The molecule has 0 radical (unpaired) electrons. The smallest absolute Gasteiger partial charge is 0.311 e. The molecule has 1 heterocycles. The van der Waals surface area contributed by atoms with Crippen molar-refractivity contribution >= 4 is 23.6 Å². The van der Waals surface area contributed by atoms with Crippen LogP contribution in [0.4, 0.5) is 0 Å². The van der Waals surface area contributed by atoms with Crippen molar-refractivity contribution in [2.75, 3.05) is 5.75 Å². The summed E-state index contributed by atoms with van der Waals surface area (Å²) in [5, 5.41) is 12.3. The Bertz CT molecular complexity index is 328. The summed E-state index contributed by atoms with van der Waals surface area (Å²) in [4.78, 5) is 23.3. The Hall–Kier alpha value is -0.710. The Morgan fingerprint density at radius 3 is 2.71 bits per heavy atom. The number of thioether (sulfide) groups is 1. The number of carboxylic acids is 1. The normalized spacial score (nSPS) is 37.0. The van der Waals surface area contributed by atoms with Gasteiger partial charge in [-0.25, -0.2) is 0 Å². The Morgan fingerprint density at radius 1 is 1.35 bits per heavy atom. The predicted octanol–water partition coefficient (Wildman–Crippen LogP) is 1.64. The van der Waals surface area contributed by atoms with Crippen LogP contribution in [-0.2, 0) is 9.59 Å². The van der Waals surface area contributed by atoms with E-state index in [1.165, 1.54) is 0 Å². The summed E-state index contributed by atoms with van der Waals surface area (Å²) in [6, 6.07) is -0.200. The molecule has 1 aliphatic carbocycles. The molecule has 5 heteroatoms. The van der Waals surface area contributed by atoms with E-state index < -0.39 is 11.4 Å². The summed E-state index contributed by atoms with van der Waals surface area (Å²) < 4.78 is 0. The van der Waals surface area contributed by atoms with Gasteiger partial charge in [-0.3, -0.25) is 9.59 Å². The second-order valence-electron chi connectivity index (χ2n) is 5.18. The zero-order chi connectivity index (χ0) is 12.5. The van der Waals surface area contributed by atoms with Crippen molar-refractivity contribution in [2.45, 2.75) is 50.3 Å². The van der Waals surface area contributed by atoms with E-state index in [1.54, 1.807) is 18.7 Å². The fourth-order valence-electron chi connectivity index (χ4n) is 2.70. The lowest BCUT2D eigenvalue weighted by atomic mass is 9.85. The molecule has 1 saturated carbocycles. The van der Waals surface area contributed by atoms with E-state index in [2.05, 4.69) is 5.32 Å². The first kappa shape index (κ1) is 12.7. The molecule has 0 bridgehead atoms. The maximum atomic E-state index is 12.0. The fourth-order valence-corrected chi connectivity index (χ4v) is 3.87. The molecule has 0 spiro atoms. The standard InChI is InChI=1S/C12H19NO3S/c1-12(11(15)16)6-2-5-9(12)13-10(14)8-4-3-7-17-8/h8-9H,2-7H2,1H3,(H,13,14)(H,15,16). The zero-order valence-corrected chi connectivity index (χ0v) is 10.9. The molecule has 1 saturated heterocycles. The number of hydrogen-bond acceptors (Lipinski definition) is 3. The van der Waals surface area contributed by atoms with E-state index in [0.29, 0.717) is 6.42 Å². The molecule has 3 unspecified atom stereocenters. The number of carboxylic acid groups (broad SMARTS) is 1. The fraction of sp³-hybridized carbons (Fsp3) is 0.833. The maximum absolute atomic E-state index is 12.0. The third kappa shape index (κ3) is 2.44. The lowest BCUT2D eigenvalue weighted by Gasteiger charge is -2.28. The number of carbonyl (C=O) groups is 2. The zero-order valence-electron chi connectivity index (χ0n) is 10.1. The predicted molar refractivity (Wildman–Crippen MR) is 67.0 cm³/mol.